The summed E-state index contributed by atoms with van der Waals surface area (Å²) in [7, 11) is 1.57. The Hall–Kier alpha value is -2.40. The molecule has 2 aromatic rings. The van der Waals surface area contributed by atoms with Crippen molar-refractivity contribution >= 4 is 11.7 Å². The van der Waals surface area contributed by atoms with Crippen LogP contribution in [-0.2, 0) is 6.61 Å². The lowest BCUT2D eigenvalue weighted by Crippen LogP contribution is -2.12. The van der Waals surface area contributed by atoms with Gasteiger partial charge in [0.25, 0.3) is 5.91 Å². The molecule has 0 aliphatic heterocycles. The van der Waals surface area contributed by atoms with E-state index in [1.54, 1.807) is 43.5 Å². The monoisotopic (exact) mass is 258 g/mol. The number of rotatable bonds is 4. The highest BCUT2D eigenvalue weighted by atomic mass is 16.5. The second kappa shape index (κ2) is 5.97. The molecule has 5 nitrogen and oxygen atoms in total. The topological polar surface area (TPSA) is 71.5 Å². The summed E-state index contributed by atoms with van der Waals surface area (Å²) in [6.07, 6.45) is 1.52. The average Bonchev–Trinajstić information content (AvgIpc) is 2.48. The van der Waals surface area contributed by atoms with E-state index in [2.05, 4.69) is 10.3 Å². The highest BCUT2D eigenvalue weighted by Gasteiger charge is 2.06. The van der Waals surface area contributed by atoms with Crippen molar-refractivity contribution in [2.45, 2.75) is 6.61 Å². The Morgan fingerprint density at radius 1 is 1.26 bits per heavy atom. The van der Waals surface area contributed by atoms with Gasteiger partial charge in [0.05, 0.1) is 13.7 Å². The van der Waals surface area contributed by atoms with Crippen LogP contribution >= 0.6 is 0 Å². The Morgan fingerprint density at radius 2 is 2.00 bits per heavy atom. The third-order valence-electron chi connectivity index (χ3n) is 2.60. The maximum absolute atomic E-state index is 11.9. The van der Waals surface area contributed by atoms with Crippen LogP contribution in [0.25, 0.3) is 0 Å². The summed E-state index contributed by atoms with van der Waals surface area (Å²) in [5.41, 5.74) is 1.22. The molecule has 1 aromatic heterocycles. The number of aliphatic hydroxyl groups is 1. The molecule has 0 aliphatic carbocycles. The minimum atomic E-state index is -0.244. The molecule has 0 unspecified atom stereocenters. The van der Waals surface area contributed by atoms with Crippen molar-refractivity contribution in [3.63, 3.8) is 0 Å². The molecular weight excluding hydrogens is 244 g/mol. The SMILES string of the molecule is COc1ccc(C(=O)Nc2ccc(CO)cn2)cc1. The fourth-order valence-corrected chi connectivity index (χ4v) is 1.52. The minimum absolute atomic E-state index is 0.0697. The molecule has 0 atom stereocenters. The van der Waals surface area contributed by atoms with Crippen LogP contribution in [0.2, 0.25) is 0 Å². The summed E-state index contributed by atoms with van der Waals surface area (Å²) in [5, 5.41) is 11.6. The molecule has 1 heterocycles. The Labute approximate surface area is 110 Å². The van der Waals surface area contributed by atoms with Crippen molar-refractivity contribution in [2.24, 2.45) is 0 Å². The molecule has 0 saturated heterocycles. The molecule has 19 heavy (non-hydrogen) atoms. The minimum Gasteiger partial charge on any atom is -0.497 e. The number of aromatic nitrogens is 1. The summed E-state index contributed by atoms with van der Waals surface area (Å²) >= 11 is 0. The third-order valence-corrected chi connectivity index (χ3v) is 2.60. The number of amides is 1. The summed E-state index contributed by atoms with van der Waals surface area (Å²) in [4.78, 5) is 16.0. The zero-order valence-electron chi connectivity index (χ0n) is 10.5. The number of carbonyl (C=O) groups excluding carboxylic acids is 1. The lowest BCUT2D eigenvalue weighted by molar-refractivity contribution is 0.102. The van der Waals surface area contributed by atoms with Crippen molar-refractivity contribution < 1.29 is 14.6 Å². The van der Waals surface area contributed by atoms with Crippen molar-refractivity contribution in [3.05, 3.63) is 53.7 Å². The quantitative estimate of drug-likeness (QED) is 0.877. The van der Waals surface area contributed by atoms with Crippen molar-refractivity contribution in [1.82, 2.24) is 4.98 Å². The second-order valence-electron chi connectivity index (χ2n) is 3.89. The van der Waals surface area contributed by atoms with Gasteiger partial charge in [-0.25, -0.2) is 4.98 Å². The van der Waals surface area contributed by atoms with Gasteiger partial charge >= 0.3 is 0 Å². The number of anilines is 1. The van der Waals surface area contributed by atoms with Gasteiger partial charge in [0.1, 0.15) is 11.6 Å². The highest BCUT2D eigenvalue weighted by Crippen LogP contribution is 2.13. The Balaban J connectivity index is 2.06. The van der Waals surface area contributed by atoms with E-state index < -0.39 is 0 Å². The molecule has 0 bridgehead atoms. The molecule has 1 amide bonds. The molecule has 2 N–H and O–H groups in total. The molecule has 1 aromatic carbocycles. The van der Waals surface area contributed by atoms with Gasteiger partial charge in [-0.05, 0) is 35.9 Å². The van der Waals surface area contributed by atoms with Crippen LogP contribution in [0.5, 0.6) is 5.75 Å². The van der Waals surface area contributed by atoms with Crippen LogP contribution in [0.4, 0.5) is 5.82 Å². The van der Waals surface area contributed by atoms with E-state index in [1.165, 1.54) is 6.20 Å². The molecule has 5 heteroatoms. The second-order valence-corrected chi connectivity index (χ2v) is 3.89. The average molecular weight is 258 g/mol. The van der Waals surface area contributed by atoms with E-state index in [4.69, 9.17) is 9.84 Å². The summed E-state index contributed by atoms with van der Waals surface area (Å²) in [6.45, 7) is -0.0697. The van der Waals surface area contributed by atoms with Crippen molar-refractivity contribution in [3.8, 4) is 5.75 Å². The normalized spacial score (nSPS) is 10.0. The van der Waals surface area contributed by atoms with Crippen molar-refractivity contribution in [2.75, 3.05) is 12.4 Å². The Kier molecular flexibility index (Phi) is 4.10. The van der Waals surface area contributed by atoms with Crippen molar-refractivity contribution in [1.29, 1.82) is 0 Å². The first-order chi connectivity index (χ1) is 9.22. The lowest BCUT2D eigenvalue weighted by atomic mass is 10.2. The number of nitrogens with one attached hydrogen (secondary N) is 1. The van der Waals surface area contributed by atoms with E-state index in [0.29, 0.717) is 22.7 Å². The highest BCUT2D eigenvalue weighted by molar-refractivity contribution is 6.03. The zero-order chi connectivity index (χ0) is 13.7. The predicted octanol–water partition coefficient (Wildman–Crippen LogP) is 1.83. The number of carbonyl (C=O) groups is 1. The first-order valence-corrected chi connectivity index (χ1v) is 5.74. The van der Waals surface area contributed by atoms with E-state index >= 15 is 0 Å². The van der Waals surface area contributed by atoms with E-state index in [9.17, 15) is 4.79 Å². The number of nitrogens with zero attached hydrogens (tertiary/aromatic N) is 1. The summed E-state index contributed by atoms with van der Waals surface area (Å²) in [5.74, 6) is 0.895. The van der Waals surface area contributed by atoms with Crippen LogP contribution in [-0.4, -0.2) is 23.1 Å². The van der Waals surface area contributed by atoms with Crippen LogP contribution in [0.3, 0.4) is 0 Å². The summed E-state index contributed by atoms with van der Waals surface area (Å²) in [6, 6.07) is 10.1. The first-order valence-electron chi connectivity index (χ1n) is 5.74. The molecule has 0 spiro atoms. The number of hydrogen-bond donors (Lipinski definition) is 2. The van der Waals surface area contributed by atoms with E-state index in [-0.39, 0.29) is 12.5 Å². The van der Waals surface area contributed by atoms with Gasteiger partial charge in [0, 0.05) is 11.8 Å². The standard InChI is InChI=1S/C14H14N2O3/c1-19-12-5-3-11(4-6-12)14(18)16-13-7-2-10(9-17)8-15-13/h2-8,17H,9H2,1H3,(H,15,16,18). The van der Waals surface area contributed by atoms with Crippen LogP contribution in [0.15, 0.2) is 42.6 Å². The summed E-state index contributed by atoms with van der Waals surface area (Å²) < 4.78 is 5.02. The van der Waals surface area contributed by atoms with Crippen LogP contribution < -0.4 is 10.1 Å². The molecule has 0 fully saturated rings. The van der Waals surface area contributed by atoms with Crippen LogP contribution in [0.1, 0.15) is 15.9 Å². The van der Waals surface area contributed by atoms with E-state index in [1.807, 2.05) is 0 Å². The van der Waals surface area contributed by atoms with Gasteiger partial charge < -0.3 is 15.2 Å². The van der Waals surface area contributed by atoms with Crippen LogP contribution in [0, 0.1) is 0 Å². The van der Waals surface area contributed by atoms with Gasteiger partial charge in [-0.3, -0.25) is 4.79 Å². The fraction of sp³-hybridized carbons (Fsp3) is 0.143. The largest absolute Gasteiger partial charge is 0.497 e. The van der Waals surface area contributed by atoms with Gasteiger partial charge in [0.15, 0.2) is 0 Å². The molecule has 2 rings (SSSR count). The third kappa shape index (κ3) is 3.29. The molecule has 0 aliphatic rings. The maximum Gasteiger partial charge on any atom is 0.256 e. The molecule has 0 saturated carbocycles. The Morgan fingerprint density at radius 3 is 2.53 bits per heavy atom. The molecule has 0 radical (unpaired) electrons. The van der Waals surface area contributed by atoms with E-state index in [0.717, 1.165) is 0 Å². The lowest BCUT2D eigenvalue weighted by Gasteiger charge is -2.05. The number of benzene rings is 1. The maximum atomic E-state index is 11.9. The number of hydrogen-bond acceptors (Lipinski definition) is 4. The number of methoxy groups -OCH3 is 1. The number of pyridine rings is 1. The number of aliphatic hydroxyl groups excluding tert-OH is 1. The first kappa shape index (κ1) is 13.0. The Bertz CT molecular complexity index is 550. The van der Waals surface area contributed by atoms with Gasteiger partial charge in [-0.1, -0.05) is 6.07 Å². The number of ether oxygens (including phenoxy) is 1. The molecule has 98 valence electrons. The molecular formula is C14H14N2O3. The van der Waals surface area contributed by atoms with Gasteiger partial charge in [0.2, 0.25) is 0 Å². The zero-order valence-corrected chi connectivity index (χ0v) is 10.5. The smallest absolute Gasteiger partial charge is 0.256 e. The fourth-order valence-electron chi connectivity index (χ4n) is 1.52. The predicted molar refractivity (Wildman–Crippen MR) is 71.1 cm³/mol. The van der Waals surface area contributed by atoms with Gasteiger partial charge in [-0.15, -0.1) is 0 Å². The van der Waals surface area contributed by atoms with Gasteiger partial charge in [-0.2, -0.15) is 0 Å².